The van der Waals surface area contributed by atoms with Crippen LogP contribution in [0.1, 0.15) is 0 Å². The van der Waals surface area contributed by atoms with Crippen molar-refractivity contribution in [1.82, 2.24) is 4.98 Å². The van der Waals surface area contributed by atoms with Crippen molar-refractivity contribution < 1.29 is 8.78 Å². The SMILES string of the molecule is Fc1ccc(F)c(-c2nc(-c3ccc(Br)cc3)cs2)c1. The Kier molecular flexibility index (Phi) is 3.63. The first kappa shape index (κ1) is 13.4. The van der Waals surface area contributed by atoms with Crippen LogP contribution in [0.15, 0.2) is 52.3 Å². The summed E-state index contributed by atoms with van der Waals surface area (Å²) in [6, 6.07) is 11.1. The van der Waals surface area contributed by atoms with E-state index < -0.39 is 11.6 Å². The Hall–Kier alpha value is -1.59. The molecule has 5 heteroatoms. The number of thiazole rings is 1. The average Bonchev–Trinajstić information content (AvgIpc) is 2.92. The summed E-state index contributed by atoms with van der Waals surface area (Å²) in [5.41, 5.74) is 1.88. The van der Waals surface area contributed by atoms with Crippen molar-refractivity contribution in [3.8, 4) is 21.8 Å². The van der Waals surface area contributed by atoms with Crippen LogP contribution in [0, 0.1) is 11.6 Å². The number of nitrogens with zero attached hydrogens (tertiary/aromatic N) is 1. The highest BCUT2D eigenvalue weighted by Gasteiger charge is 2.11. The molecule has 0 amide bonds. The Morgan fingerprint density at radius 2 is 1.75 bits per heavy atom. The van der Waals surface area contributed by atoms with E-state index in [0.29, 0.717) is 5.01 Å². The molecule has 0 unspecified atom stereocenters. The summed E-state index contributed by atoms with van der Waals surface area (Å²) in [7, 11) is 0. The first-order valence-electron chi connectivity index (χ1n) is 5.80. The summed E-state index contributed by atoms with van der Waals surface area (Å²) >= 11 is 4.66. The minimum atomic E-state index is -0.471. The Balaban J connectivity index is 2.01. The van der Waals surface area contributed by atoms with Gasteiger partial charge in [0, 0.05) is 21.0 Å². The lowest BCUT2D eigenvalue weighted by atomic mass is 10.2. The molecule has 20 heavy (non-hydrogen) atoms. The smallest absolute Gasteiger partial charge is 0.133 e. The number of halogens is 3. The van der Waals surface area contributed by atoms with Crippen LogP contribution in [0.5, 0.6) is 0 Å². The van der Waals surface area contributed by atoms with E-state index in [2.05, 4.69) is 20.9 Å². The van der Waals surface area contributed by atoms with Gasteiger partial charge < -0.3 is 0 Å². The van der Waals surface area contributed by atoms with Crippen LogP contribution in [-0.2, 0) is 0 Å². The van der Waals surface area contributed by atoms with E-state index in [4.69, 9.17) is 0 Å². The molecule has 0 aliphatic carbocycles. The Morgan fingerprint density at radius 1 is 1.00 bits per heavy atom. The van der Waals surface area contributed by atoms with E-state index in [1.807, 2.05) is 29.6 Å². The van der Waals surface area contributed by atoms with Gasteiger partial charge in [-0.3, -0.25) is 0 Å². The van der Waals surface area contributed by atoms with E-state index in [-0.39, 0.29) is 5.56 Å². The van der Waals surface area contributed by atoms with Gasteiger partial charge >= 0.3 is 0 Å². The Bertz CT molecular complexity index is 753. The minimum absolute atomic E-state index is 0.193. The van der Waals surface area contributed by atoms with Crippen LogP contribution >= 0.6 is 27.3 Å². The standard InChI is InChI=1S/C15H8BrF2NS/c16-10-3-1-9(2-4-10)14-8-20-15(19-14)12-7-11(17)5-6-13(12)18/h1-8H. The zero-order valence-corrected chi connectivity index (χ0v) is 12.5. The second-order valence-corrected chi connectivity index (χ2v) is 5.94. The first-order chi connectivity index (χ1) is 9.63. The normalized spacial score (nSPS) is 10.8. The molecule has 3 aromatic rings. The molecule has 0 bridgehead atoms. The van der Waals surface area contributed by atoms with Crippen LogP contribution in [0.4, 0.5) is 8.78 Å². The molecule has 0 saturated heterocycles. The zero-order valence-electron chi connectivity index (χ0n) is 10.1. The van der Waals surface area contributed by atoms with Gasteiger partial charge in [0.1, 0.15) is 16.6 Å². The van der Waals surface area contributed by atoms with E-state index in [9.17, 15) is 8.78 Å². The molecule has 2 aromatic carbocycles. The quantitative estimate of drug-likeness (QED) is 0.592. The predicted octanol–water partition coefficient (Wildman–Crippen LogP) is 5.52. The van der Waals surface area contributed by atoms with E-state index in [1.165, 1.54) is 17.4 Å². The maximum Gasteiger partial charge on any atom is 0.133 e. The fourth-order valence-electron chi connectivity index (χ4n) is 1.81. The minimum Gasteiger partial charge on any atom is -0.236 e. The number of benzene rings is 2. The fourth-order valence-corrected chi connectivity index (χ4v) is 2.92. The van der Waals surface area contributed by atoms with Gasteiger partial charge in [-0.15, -0.1) is 11.3 Å². The van der Waals surface area contributed by atoms with Gasteiger partial charge in [-0.25, -0.2) is 13.8 Å². The van der Waals surface area contributed by atoms with Crippen molar-refractivity contribution in [3.05, 3.63) is 64.0 Å². The highest BCUT2D eigenvalue weighted by molar-refractivity contribution is 9.10. The van der Waals surface area contributed by atoms with Crippen LogP contribution in [0.3, 0.4) is 0 Å². The maximum absolute atomic E-state index is 13.7. The molecule has 3 rings (SSSR count). The molecule has 100 valence electrons. The lowest BCUT2D eigenvalue weighted by molar-refractivity contribution is 0.603. The van der Waals surface area contributed by atoms with Gasteiger partial charge in [-0.1, -0.05) is 28.1 Å². The number of hydrogen-bond donors (Lipinski definition) is 0. The van der Waals surface area contributed by atoms with Crippen LogP contribution in [0.2, 0.25) is 0 Å². The number of aromatic nitrogens is 1. The summed E-state index contributed by atoms with van der Waals surface area (Å²) in [5.74, 6) is -0.940. The third-order valence-corrected chi connectivity index (χ3v) is 4.21. The molecule has 0 spiro atoms. The summed E-state index contributed by atoms with van der Waals surface area (Å²) in [6.45, 7) is 0. The van der Waals surface area contributed by atoms with Crippen LogP contribution in [0.25, 0.3) is 21.8 Å². The lowest BCUT2D eigenvalue weighted by Crippen LogP contribution is -1.86. The second kappa shape index (κ2) is 5.42. The number of hydrogen-bond acceptors (Lipinski definition) is 2. The van der Waals surface area contributed by atoms with Crippen molar-refractivity contribution in [1.29, 1.82) is 0 Å². The fraction of sp³-hybridized carbons (Fsp3) is 0. The molecule has 0 aliphatic rings. The van der Waals surface area contributed by atoms with Crippen LogP contribution < -0.4 is 0 Å². The van der Waals surface area contributed by atoms with Gasteiger partial charge in [-0.05, 0) is 30.3 Å². The van der Waals surface area contributed by atoms with Crippen molar-refractivity contribution in [3.63, 3.8) is 0 Å². The van der Waals surface area contributed by atoms with Crippen molar-refractivity contribution >= 4 is 27.3 Å². The molecule has 0 atom stereocenters. The van der Waals surface area contributed by atoms with E-state index in [0.717, 1.165) is 27.9 Å². The summed E-state index contributed by atoms with van der Waals surface area (Å²) in [5, 5.41) is 2.31. The van der Waals surface area contributed by atoms with Gasteiger partial charge in [0.05, 0.1) is 5.69 Å². The first-order valence-corrected chi connectivity index (χ1v) is 7.47. The van der Waals surface area contributed by atoms with E-state index >= 15 is 0 Å². The molecule has 1 nitrogen and oxygen atoms in total. The zero-order chi connectivity index (χ0) is 14.1. The average molecular weight is 352 g/mol. The predicted molar refractivity (Wildman–Crippen MR) is 80.6 cm³/mol. The maximum atomic E-state index is 13.7. The molecule has 1 heterocycles. The summed E-state index contributed by atoms with van der Waals surface area (Å²) in [4.78, 5) is 4.38. The Morgan fingerprint density at radius 3 is 2.50 bits per heavy atom. The highest BCUT2D eigenvalue weighted by Crippen LogP contribution is 2.31. The second-order valence-electron chi connectivity index (χ2n) is 4.17. The van der Waals surface area contributed by atoms with Gasteiger partial charge in [0.25, 0.3) is 0 Å². The molecular formula is C15H8BrF2NS. The van der Waals surface area contributed by atoms with Crippen molar-refractivity contribution in [2.75, 3.05) is 0 Å². The van der Waals surface area contributed by atoms with E-state index in [1.54, 1.807) is 0 Å². The van der Waals surface area contributed by atoms with Gasteiger partial charge in [-0.2, -0.15) is 0 Å². The molecule has 0 radical (unpaired) electrons. The topological polar surface area (TPSA) is 12.9 Å². The number of rotatable bonds is 2. The van der Waals surface area contributed by atoms with Crippen molar-refractivity contribution in [2.24, 2.45) is 0 Å². The molecule has 0 aliphatic heterocycles. The van der Waals surface area contributed by atoms with Crippen molar-refractivity contribution in [2.45, 2.75) is 0 Å². The molecule has 1 aromatic heterocycles. The molecule has 0 fully saturated rings. The monoisotopic (exact) mass is 351 g/mol. The summed E-state index contributed by atoms with van der Waals surface area (Å²) < 4.78 is 27.9. The van der Waals surface area contributed by atoms with Crippen LogP contribution in [-0.4, -0.2) is 4.98 Å². The molecule has 0 N–H and O–H groups in total. The Labute approximate surface area is 127 Å². The molecule has 0 saturated carbocycles. The molecular weight excluding hydrogens is 344 g/mol. The third-order valence-electron chi connectivity index (χ3n) is 2.80. The lowest BCUT2D eigenvalue weighted by Gasteiger charge is -1.99. The highest BCUT2D eigenvalue weighted by atomic mass is 79.9. The van der Waals surface area contributed by atoms with Gasteiger partial charge in [0.2, 0.25) is 0 Å². The van der Waals surface area contributed by atoms with Gasteiger partial charge in [0.15, 0.2) is 0 Å². The third kappa shape index (κ3) is 2.64. The summed E-state index contributed by atoms with van der Waals surface area (Å²) in [6.07, 6.45) is 0. The largest absolute Gasteiger partial charge is 0.236 e.